The molecule has 3 amide bonds. The summed E-state index contributed by atoms with van der Waals surface area (Å²) in [5.41, 5.74) is 0.923. The van der Waals surface area contributed by atoms with Crippen LogP contribution in [0.15, 0.2) is 16.7 Å². The third-order valence-corrected chi connectivity index (χ3v) is 3.83. The van der Waals surface area contributed by atoms with Crippen molar-refractivity contribution in [2.24, 2.45) is 0 Å². The van der Waals surface area contributed by atoms with Crippen LogP contribution in [0.4, 0.5) is 4.79 Å². The number of fused-ring (bicyclic) bond motifs is 3. The summed E-state index contributed by atoms with van der Waals surface area (Å²) in [5.74, 6) is -0.930. The molecule has 8 nitrogen and oxygen atoms in total. The zero-order chi connectivity index (χ0) is 15.0. The van der Waals surface area contributed by atoms with Gasteiger partial charge < -0.3 is 25.1 Å². The molecule has 0 bridgehead atoms. The lowest BCUT2D eigenvalue weighted by atomic mass is 9.90. The molecule has 2 aliphatic heterocycles. The van der Waals surface area contributed by atoms with Gasteiger partial charge in [0.25, 0.3) is 0 Å². The first kappa shape index (κ1) is 13.5. The molecule has 0 aliphatic carbocycles. The fourth-order valence-corrected chi connectivity index (χ4v) is 2.94. The van der Waals surface area contributed by atoms with E-state index < -0.39 is 24.5 Å². The van der Waals surface area contributed by atoms with E-state index in [-0.39, 0.29) is 18.5 Å². The van der Waals surface area contributed by atoms with Crippen LogP contribution >= 0.6 is 0 Å². The number of hydrogen-bond donors (Lipinski definition) is 3. The molecule has 3 rings (SSSR count). The van der Waals surface area contributed by atoms with Crippen LogP contribution in [-0.2, 0) is 16.0 Å². The minimum Gasteiger partial charge on any atom is -0.480 e. The second-order valence-corrected chi connectivity index (χ2v) is 5.07. The lowest BCUT2D eigenvalue weighted by Crippen LogP contribution is -2.60. The number of aliphatic carboxylic acids is 1. The molecule has 2 atom stereocenters. The van der Waals surface area contributed by atoms with Crippen molar-refractivity contribution in [2.75, 3.05) is 13.1 Å². The molecule has 0 saturated carbocycles. The number of carbonyl (C=O) groups excluding carboxylic acids is 2. The van der Waals surface area contributed by atoms with Crippen molar-refractivity contribution < 1.29 is 23.9 Å². The Kier molecular flexibility index (Phi) is 3.28. The standard InChI is InChI=1S/C13H15N3O5/c17-11(18)6-15-12(19)9-5-10-7(2-4-21-10)8-1-3-14-13(20)16(8)9/h2,4,8-9H,1,3,5-6H2,(H,14,20)(H,15,19)(H,17,18)/t8-,9+/m1/s1. The second kappa shape index (κ2) is 5.12. The number of rotatable bonds is 3. The lowest BCUT2D eigenvalue weighted by molar-refractivity contribution is -0.138. The zero-order valence-corrected chi connectivity index (χ0v) is 11.2. The Balaban J connectivity index is 1.87. The summed E-state index contributed by atoms with van der Waals surface area (Å²) in [6.07, 6.45) is 2.48. The molecule has 1 aromatic rings. The van der Waals surface area contributed by atoms with Crippen LogP contribution in [0.5, 0.6) is 0 Å². The van der Waals surface area contributed by atoms with Crippen molar-refractivity contribution in [3.05, 3.63) is 23.7 Å². The molecule has 1 aromatic heterocycles. The Labute approximate surface area is 120 Å². The fourth-order valence-electron chi connectivity index (χ4n) is 2.94. The number of carbonyl (C=O) groups is 3. The van der Waals surface area contributed by atoms with E-state index in [1.165, 1.54) is 4.90 Å². The number of carboxylic acids is 1. The summed E-state index contributed by atoms with van der Waals surface area (Å²) in [6.45, 7) is 0.0640. The number of amides is 3. The minimum atomic E-state index is -1.13. The first-order valence-corrected chi connectivity index (χ1v) is 6.70. The quantitative estimate of drug-likeness (QED) is 0.718. The van der Waals surface area contributed by atoms with Gasteiger partial charge in [0, 0.05) is 18.5 Å². The SMILES string of the molecule is O=C(O)CNC(=O)[C@@H]1Cc2occc2[C@H]2CCNC(=O)N21. The van der Waals surface area contributed by atoms with Crippen molar-refractivity contribution in [3.63, 3.8) is 0 Å². The van der Waals surface area contributed by atoms with Crippen LogP contribution in [0.2, 0.25) is 0 Å². The summed E-state index contributed by atoms with van der Waals surface area (Å²) < 4.78 is 5.39. The zero-order valence-electron chi connectivity index (χ0n) is 11.2. The molecule has 3 N–H and O–H groups in total. The highest BCUT2D eigenvalue weighted by molar-refractivity contribution is 5.90. The maximum Gasteiger partial charge on any atom is 0.322 e. The lowest BCUT2D eigenvalue weighted by Gasteiger charge is -2.43. The Morgan fingerprint density at radius 1 is 1.52 bits per heavy atom. The van der Waals surface area contributed by atoms with Crippen molar-refractivity contribution >= 4 is 17.9 Å². The number of carboxylic acid groups (broad SMARTS) is 1. The normalized spacial score (nSPS) is 23.8. The highest BCUT2D eigenvalue weighted by Crippen LogP contribution is 2.37. The topological polar surface area (TPSA) is 112 Å². The molecule has 1 fully saturated rings. The molecule has 21 heavy (non-hydrogen) atoms. The van der Waals surface area contributed by atoms with Gasteiger partial charge in [-0.3, -0.25) is 9.59 Å². The van der Waals surface area contributed by atoms with E-state index in [0.717, 1.165) is 5.56 Å². The molecule has 3 heterocycles. The predicted molar refractivity (Wildman–Crippen MR) is 69.4 cm³/mol. The maximum absolute atomic E-state index is 12.2. The predicted octanol–water partition coefficient (Wildman–Crippen LogP) is -0.139. The molecule has 0 aromatic carbocycles. The maximum atomic E-state index is 12.2. The average Bonchev–Trinajstić information content (AvgIpc) is 2.92. The smallest absolute Gasteiger partial charge is 0.322 e. The molecule has 0 unspecified atom stereocenters. The first-order chi connectivity index (χ1) is 10.1. The monoisotopic (exact) mass is 293 g/mol. The van der Waals surface area contributed by atoms with Gasteiger partial charge in [0.05, 0.1) is 12.3 Å². The Hall–Kier alpha value is -2.51. The van der Waals surface area contributed by atoms with Crippen molar-refractivity contribution in [2.45, 2.75) is 24.9 Å². The van der Waals surface area contributed by atoms with Gasteiger partial charge >= 0.3 is 12.0 Å². The van der Waals surface area contributed by atoms with Crippen LogP contribution in [0.3, 0.4) is 0 Å². The van der Waals surface area contributed by atoms with Crippen molar-refractivity contribution in [1.29, 1.82) is 0 Å². The van der Waals surface area contributed by atoms with E-state index in [0.29, 0.717) is 18.7 Å². The second-order valence-electron chi connectivity index (χ2n) is 5.07. The average molecular weight is 293 g/mol. The molecule has 0 radical (unpaired) electrons. The van der Waals surface area contributed by atoms with Crippen molar-refractivity contribution in [1.82, 2.24) is 15.5 Å². The number of nitrogens with zero attached hydrogens (tertiary/aromatic N) is 1. The van der Waals surface area contributed by atoms with Crippen LogP contribution in [0.1, 0.15) is 23.8 Å². The molecular weight excluding hydrogens is 278 g/mol. The largest absolute Gasteiger partial charge is 0.480 e. The third kappa shape index (κ3) is 2.32. The number of nitrogens with one attached hydrogen (secondary N) is 2. The third-order valence-electron chi connectivity index (χ3n) is 3.83. The molecule has 1 saturated heterocycles. The first-order valence-electron chi connectivity index (χ1n) is 6.70. The summed E-state index contributed by atoms with van der Waals surface area (Å²) >= 11 is 0. The van der Waals surface area contributed by atoms with E-state index in [4.69, 9.17) is 9.52 Å². The van der Waals surface area contributed by atoms with Gasteiger partial charge in [0.2, 0.25) is 5.91 Å². The van der Waals surface area contributed by atoms with E-state index in [1.807, 2.05) is 6.07 Å². The van der Waals surface area contributed by atoms with E-state index in [9.17, 15) is 14.4 Å². The van der Waals surface area contributed by atoms with Gasteiger partial charge in [-0.2, -0.15) is 0 Å². The van der Waals surface area contributed by atoms with E-state index in [2.05, 4.69) is 10.6 Å². The number of urea groups is 1. The Bertz CT molecular complexity index is 596. The summed E-state index contributed by atoms with van der Waals surface area (Å²) in [6, 6.07) is 0.542. The fraction of sp³-hybridized carbons (Fsp3) is 0.462. The van der Waals surface area contributed by atoms with Gasteiger partial charge in [0.1, 0.15) is 18.3 Å². The van der Waals surface area contributed by atoms with Crippen LogP contribution in [-0.4, -0.2) is 47.0 Å². The Morgan fingerprint density at radius 3 is 3.10 bits per heavy atom. The number of hydrogen-bond acceptors (Lipinski definition) is 4. The van der Waals surface area contributed by atoms with Gasteiger partial charge in [-0.05, 0) is 12.5 Å². The van der Waals surface area contributed by atoms with E-state index >= 15 is 0 Å². The van der Waals surface area contributed by atoms with E-state index in [1.54, 1.807) is 6.26 Å². The van der Waals surface area contributed by atoms with Gasteiger partial charge in [0.15, 0.2) is 0 Å². The van der Waals surface area contributed by atoms with Crippen LogP contribution < -0.4 is 10.6 Å². The summed E-state index contributed by atoms with van der Waals surface area (Å²) in [7, 11) is 0. The molecular formula is C13H15N3O5. The van der Waals surface area contributed by atoms with Crippen LogP contribution in [0.25, 0.3) is 0 Å². The molecule has 0 spiro atoms. The minimum absolute atomic E-state index is 0.207. The van der Waals surface area contributed by atoms with Crippen LogP contribution in [0, 0.1) is 0 Å². The number of furan rings is 1. The Morgan fingerprint density at radius 2 is 2.33 bits per heavy atom. The van der Waals surface area contributed by atoms with Gasteiger partial charge in [-0.15, -0.1) is 0 Å². The summed E-state index contributed by atoms with van der Waals surface area (Å²) in [4.78, 5) is 36.3. The van der Waals surface area contributed by atoms with Gasteiger partial charge in [-0.25, -0.2) is 4.79 Å². The molecule has 112 valence electrons. The highest BCUT2D eigenvalue weighted by Gasteiger charge is 2.44. The molecule has 2 aliphatic rings. The van der Waals surface area contributed by atoms with Gasteiger partial charge in [-0.1, -0.05) is 0 Å². The van der Waals surface area contributed by atoms with Crippen molar-refractivity contribution in [3.8, 4) is 0 Å². The molecule has 8 heteroatoms. The highest BCUT2D eigenvalue weighted by atomic mass is 16.4. The summed E-state index contributed by atoms with van der Waals surface area (Å²) in [5, 5.41) is 13.7.